The molecule has 0 bridgehead atoms. The molecule has 0 saturated heterocycles. The van der Waals surface area contributed by atoms with E-state index in [2.05, 4.69) is 5.32 Å². The molecule has 106 valence electrons. The molecule has 0 spiro atoms. The van der Waals surface area contributed by atoms with Crippen molar-refractivity contribution >= 4 is 0 Å². The van der Waals surface area contributed by atoms with Gasteiger partial charge in [0.1, 0.15) is 11.6 Å². The van der Waals surface area contributed by atoms with Crippen molar-refractivity contribution in [2.75, 3.05) is 6.54 Å². The molecule has 1 atom stereocenters. The minimum atomic E-state index is -0.905. The van der Waals surface area contributed by atoms with Crippen LogP contribution in [0.3, 0.4) is 0 Å². The SMILES string of the molecule is Cc1cc(CNCC(O)c2ccccc2F)ccc1F. The van der Waals surface area contributed by atoms with Crippen LogP contribution in [0.5, 0.6) is 0 Å². The first kappa shape index (κ1) is 14.6. The lowest BCUT2D eigenvalue weighted by Crippen LogP contribution is -2.21. The van der Waals surface area contributed by atoms with E-state index in [-0.39, 0.29) is 17.9 Å². The van der Waals surface area contributed by atoms with Gasteiger partial charge in [-0.2, -0.15) is 0 Å². The van der Waals surface area contributed by atoms with E-state index in [0.717, 1.165) is 5.56 Å². The lowest BCUT2D eigenvalue weighted by atomic mass is 10.1. The largest absolute Gasteiger partial charge is 0.387 e. The minimum absolute atomic E-state index is 0.233. The van der Waals surface area contributed by atoms with E-state index >= 15 is 0 Å². The molecule has 1 unspecified atom stereocenters. The Morgan fingerprint density at radius 2 is 1.85 bits per heavy atom. The summed E-state index contributed by atoms with van der Waals surface area (Å²) >= 11 is 0. The van der Waals surface area contributed by atoms with Crippen LogP contribution in [0.15, 0.2) is 42.5 Å². The van der Waals surface area contributed by atoms with Gasteiger partial charge in [-0.25, -0.2) is 8.78 Å². The Labute approximate surface area is 117 Å². The number of halogens is 2. The summed E-state index contributed by atoms with van der Waals surface area (Å²) in [6.07, 6.45) is -0.905. The first-order valence-electron chi connectivity index (χ1n) is 6.46. The van der Waals surface area contributed by atoms with E-state index in [0.29, 0.717) is 12.1 Å². The fourth-order valence-electron chi connectivity index (χ4n) is 2.03. The van der Waals surface area contributed by atoms with Crippen molar-refractivity contribution in [1.82, 2.24) is 5.32 Å². The maximum absolute atomic E-state index is 13.5. The minimum Gasteiger partial charge on any atom is -0.387 e. The molecule has 0 amide bonds. The molecular weight excluding hydrogens is 260 g/mol. The lowest BCUT2D eigenvalue weighted by molar-refractivity contribution is 0.169. The molecule has 4 heteroatoms. The fraction of sp³-hybridized carbons (Fsp3) is 0.250. The van der Waals surface area contributed by atoms with Crippen molar-refractivity contribution in [3.63, 3.8) is 0 Å². The van der Waals surface area contributed by atoms with E-state index in [1.54, 1.807) is 37.3 Å². The molecule has 0 heterocycles. The van der Waals surface area contributed by atoms with Crippen molar-refractivity contribution in [3.8, 4) is 0 Å². The Balaban J connectivity index is 1.89. The zero-order valence-corrected chi connectivity index (χ0v) is 11.2. The Kier molecular flexibility index (Phi) is 4.82. The molecule has 0 aliphatic carbocycles. The summed E-state index contributed by atoms with van der Waals surface area (Å²) in [6, 6.07) is 11.0. The van der Waals surface area contributed by atoms with E-state index < -0.39 is 11.9 Å². The highest BCUT2D eigenvalue weighted by Crippen LogP contribution is 2.16. The van der Waals surface area contributed by atoms with E-state index in [1.807, 2.05) is 0 Å². The Hall–Kier alpha value is -1.78. The Morgan fingerprint density at radius 3 is 2.55 bits per heavy atom. The third-order valence-electron chi connectivity index (χ3n) is 3.15. The highest BCUT2D eigenvalue weighted by Gasteiger charge is 2.11. The van der Waals surface area contributed by atoms with Gasteiger partial charge < -0.3 is 10.4 Å². The van der Waals surface area contributed by atoms with Crippen LogP contribution in [0.1, 0.15) is 22.8 Å². The third-order valence-corrected chi connectivity index (χ3v) is 3.15. The number of aryl methyl sites for hydroxylation is 1. The van der Waals surface area contributed by atoms with Crippen molar-refractivity contribution < 1.29 is 13.9 Å². The first-order valence-corrected chi connectivity index (χ1v) is 6.46. The predicted octanol–water partition coefficient (Wildman–Crippen LogP) is 3.10. The van der Waals surface area contributed by atoms with Crippen molar-refractivity contribution in [3.05, 3.63) is 70.8 Å². The molecule has 2 aromatic rings. The molecule has 2 nitrogen and oxygen atoms in total. The lowest BCUT2D eigenvalue weighted by Gasteiger charge is -2.13. The number of nitrogens with one attached hydrogen (secondary N) is 1. The molecule has 0 fully saturated rings. The van der Waals surface area contributed by atoms with Gasteiger partial charge in [-0.1, -0.05) is 30.3 Å². The molecule has 0 aliphatic heterocycles. The molecule has 0 aromatic heterocycles. The fourth-order valence-corrected chi connectivity index (χ4v) is 2.03. The van der Waals surface area contributed by atoms with Crippen LogP contribution < -0.4 is 5.32 Å². The van der Waals surface area contributed by atoms with Crippen LogP contribution in [0, 0.1) is 18.6 Å². The number of rotatable bonds is 5. The zero-order chi connectivity index (χ0) is 14.5. The average molecular weight is 277 g/mol. The van der Waals surface area contributed by atoms with Gasteiger partial charge in [-0.15, -0.1) is 0 Å². The number of benzene rings is 2. The van der Waals surface area contributed by atoms with Crippen molar-refractivity contribution in [1.29, 1.82) is 0 Å². The first-order chi connectivity index (χ1) is 9.58. The van der Waals surface area contributed by atoms with E-state index in [9.17, 15) is 13.9 Å². The number of hydrogen-bond donors (Lipinski definition) is 2. The van der Waals surface area contributed by atoms with Crippen molar-refractivity contribution in [2.45, 2.75) is 19.6 Å². The van der Waals surface area contributed by atoms with E-state index in [1.165, 1.54) is 12.1 Å². The summed E-state index contributed by atoms with van der Waals surface area (Å²) in [7, 11) is 0. The molecule has 2 aromatic carbocycles. The summed E-state index contributed by atoms with van der Waals surface area (Å²) in [4.78, 5) is 0. The molecule has 0 aliphatic rings. The summed E-state index contributed by atoms with van der Waals surface area (Å²) in [5.74, 6) is -0.653. The van der Waals surface area contributed by atoms with E-state index in [4.69, 9.17) is 0 Å². The van der Waals surface area contributed by atoms with Gasteiger partial charge in [-0.05, 0) is 30.2 Å². The predicted molar refractivity (Wildman–Crippen MR) is 74.2 cm³/mol. The van der Waals surface area contributed by atoms with Crippen LogP contribution in [-0.2, 0) is 6.54 Å². The summed E-state index contributed by atoms with van der Waals surface area (Å²) in [5.41, 5.74) is 1.78. The molecule has 2 rings (SSSR count). The number of aliphatic hydroxyl groups is 1. The molecule has 20 heavy (non-hydrogen) atoms. The van der Waals surface area contributed by atoms with Crippen LogP contribution >= 0.6 is 0 Å². The molecular formula is C16H17F2NO. The Morgan fingerprint density at radius 1 is 1.10 bits per heavy atom. The zero-order valence-electron chi connectivity index (χ0n) is 11.2. The summed E-state index contributed by atoms with van der Waals surface area (Å²) in [5, 5.41) is 13.0. The molecule has 0 saturated carbocycles. The van der Waals surface area contributed by atoms with Gasteiger partial charge in [0.05, 0.1) is 6.10 Å². The average Bonchev–Trinajstić information content (AvgIpc) is 2.43. The second-order valence-electron chi connectivity index (χ2n) is 4.75. The van der Waals surface area contributed by atoms with Crippen LogP contribution in [0.25, 0.3) is 0 Å². The second kappa shape index (κ2) is 6.59. The van der Waals surface area contributed by atoms with Gasteiger partial charge >= 0.3 is 0 Å². The summed E-state index contributed by atoms with van der Waals surface area (Å²) in [6.45, 7) is 2.43. The number of hydrogen-bond acceptors (Lipinski definition) is 2. The highest BCUT2D eigenvalue weighted by molar-refractivity contribution is 5.24. The topological polar surface area (TPSA) is 32.3 Å². The quantitative estimate of drug-likeness (QED) is 0.880. The maximum Gasteiger partial charge on any atom is 0.129 e. The van der Waals surface area contributed by atoms with Gasteiger partial charge in [-0.3, -0.25) is 0 Å². The highest BCUT2D eigenvalue weighted by atomic mass is 19.1. The monoisotopic (exact) mass is 277 g/mol. The molecule has 0 radical (unpaired) electrons. The van der Waals surface area contributed by atoms with Gasteiger partial charge in [0, 0.05) is 18.7 Å². The normalized spacial score (nSPS) is 12.4. The maximum atomic E-state index is 13.5. The summed E-state index contributed by atoms with van der Waals surface area (Å²) < 4.78 is 26.6. The van der Waals surface area contributed by atoms with Gasteiger partial charge in [0.15, 0.2) is 0 Å². The van der Waals surface area contributed by atoms with Crippen LogP contribution in [0.2, 0.25) is 0 Å². The van der Waals surface area contributed by atoms with Gasteiger partial charge in [0.25, 0.3) is 0 Å². The van der Waals surface area contributed by atoms with Crippen LogP contribution in [-0.4, -0.2) is 11.7 Å². The standard InChI is InChI=1S/C16H17F2NO/c1-11-8-12(6-7-14(11)17)9-19-10-16(20)13-4-2-3-5-15(13)18/h2-8,16,19-20H,9-10H2,1H3. The number of aliphatic hydroxyl groups excluding tert-OH is 1. The smallest absolute Gasteiger partial charge is 0.129 e. The molecule has 2 N–H and O–H groups in total. The van der Waals surface area contributed by atoms with Crippen LogP contribution in [0.4, 0.5) is 8.78 Å². The second-order valence-corrected chi connectivity index (χ2v) is 4.75. The van der Waals surface area contributed by atoms with Crippen molar-refractivity contribution in [2.24, 2.45) is 0 Å². The Bertz CT molecular complexity index is 586. The van der Waals surface area contributed by atoms with Gasteiger partial charge in [0.2, 0.25) is 0 Å². The third kappa shape index (κ3) is 3.62.